The van der Waals surface area contributed by atoms with Crippen molar-refractivity contribution in [3.05, 3.63) is 139 Å². The highest BCUT2D eigenvalue weighted by Crippen LogP contribution is 2.43. The van der Waals surface area contributed by atoms with Gasteiger partial charge in [-0.2, -0.15) is 0 Å². The lowest BCUT2D eigenvalue weighted by molar-refractivity contribution is 0.590. The van der Waals surface area contributed by atoms with Gasteiger partial charge in [0.25, 0.3) is 0 Å². The van der Waals surface area contributed by atoms with E-state index in [9.17, 15) is 0 Å². The van der Waals surface area contributed by atoms with Gasteiger partial charge in [-0.15, -0.1) is 0 Å². The lowest BCUT2D eigenvalue weighted by atomic mass is 9.85. The topological polar surface area (TPSA) is 18.1 Å². The Labute approximate surface area is 270 Å². The van der Waals surface area contributed by atoms with Gasteiger partial charge in [-0.05, 0) is 69.5 Å². The number of nitrogens with zero attached hydrogens (tertiary/aromatic N) is 1. The molecule has 0 N–H and O–H groups in total. The Morgan fingerprint density at radius 1 is 0.435 bits per heavy atom. The van der Waals surface area contributed by atoms with E-state index in [-0.39, 0.29) is 10.8 Å². The zero-order valence-electron chi connectivity index (χ0n) is 27.5. The molecule has 0 bridgehead atoms. The number of hydrogen-bond donors (Lipinski definition) is 0. The normalized spacial score (nSPS) is 12.6. The predicted octanol–water partition coefficient (Wildman–Crippen LogP) is 12.6. The minimum atomic E-state index is 0.0543. The molecule has 0 aliphatic rings. The third-order valence-electron chi connectivity index (χ3n) is 9.55. The molecule has 0 amide bonds. The van der Waals surface area contributed by atoms with E-state index in [1.54, 1.807) is 0 Å². The highest BCUT2D eigenvalue weighted by Gasteiger charge is 2.23. The van der Waals surface area contributed by atoms with Gasteiger partial charge < -0.3 is 8.98 Å². The number of para-hydroxylation sites is 3. The maximum Gasteiger partial charge on any atom is 0.143 e. The van der Waals surface area contributed by atoms with Gasteiger partial charge in [0.2, 0.25) is 0 Å². The molecule has 0 saturated heterocycles. The van der Waals surface area contributed by atoms with Crippen LogP contribution >= 0.6 is 0 Å². The van der Waals surface area contributed by atoms with E-state index in [0.717, 1.165) is 33.1 Å². The molecule has 8 aromatic rings. The molecule has 2 heteroatoms. The summed E-state index contributed by atoms with van der Waals surface area (Å²) >= 11 is 0. The summed E-state index contributed by atoms with van der Waals surface area (Å²) in [7, 11) is 0. The summed E-state index contributed by atoms with van der Waals surface area (Å²) < 4.78 is 8.99. The quantitative estimate of drug-likeness (QED) is 0.198. The first-order valence-corrected chi connectivity index (χ1v) is 16.3. The second kappa shape index (κ2) is 10.2. The van der Waals surface area contributed by atoms with E-state index < -0.39 is 0 Å². The Morgan fingerprint density at radius 2 is 0.935 bits per heavy atom. The summed E-state index contributed by atoms with van der Waals surface area (Å²) in [5.74, 6) is 0. The van der Waals surface area contributed by atoms with Gasteiger partial charge in [0, 0.05) is 32.7 Å². The molecular formula is C44H39NO. The highest BCUT2D eigenvalue weighted by atomic mass is 16.3. The smallest absolute Gasteiger partial charge is 0.143 e. The molecule has 2 aromatic heterocycles. The van der Waals surface area contributed by atoms with E-state index in [2.05, 4.69) is 167 Å². The maximum atomic E-state index is 6.52. The molecule has 46 heavy (non-hydrogen) atoms. The average molecular weight is 598 g/mol. The summed E-state index contributed by atoms with van der Waals surface area (Å²) in [6.45, 7) is 13.8. The molecule has 2 nitrogen and oxygen atoms in total. The minimum Gasteiger partial charge on any atom is -0.455 e. The molecule has 6 aromatic carbocycles. The summed E-state index contributed by atoms with van der Waals surface area (Å²) in [6.07, 6.45) is 0. The summed E-state index contributed by atoms with van der Waals surface area (Å²) in [5.41, 5.74) is 12.9. The molecule has 2 heterocycles. The van der Waals surface area contributed by atoms with Crippen LogP contribution in [0.3, 0.4) is 0 Å². The fourth-order valence-corrected chi connectivity index (χ4v) is 7.02. The molecule has 0 aliphatic carbocycles. The van der Waals surface area contributed by atoms with Crippen LogP contribution in [-0.4, -0.2) is 4.57 Å². The zero-order valence-corrected chi connectivity index (χ0v) is 27.5. The SMILES string of the molecule is CC(C)(C)c1ccc2c(c1)c1cc(C(C)(C)C)ccc1n2-c1ccccc1-c1ccccc1-c1cccc2c1oc1ccccc12. The first-order valence-electron chi connectivity index (χ1n) is 16.3. The largest absolute Gasteiger partial charge is 0.455 e. The molecule has 8 rings (SSSR count). The Bertz CT molecular complexity index is 2370. The Balaban J connectivity index is 1.41. The van der Waals surface area contributed by atoms with Crippen LogP contribution in [0.1, 0.15) is 52.7 Å². The predicted molar refractivity (Wildman–Crippen MR) is 196 cm³/mol. The number of hydrogen-bond acceptors (Lipinski definition) is 1. The van der Waals surface area contributed by atoms with Crippen LogP contribution in [0.5, 0.6) is 0 Å². The van der Waals surface area contributed by atoms with Crippen molar-refractivity contribution in [2.75, 3.05) is 0 Å². The molecular weight excluding hydrogens is 558 g/mol. The van der Waals surface area contributed by atoms with E-state index in [1.165, 1.54) is 49.7 Å². The Kier molecular flexibility index (Phi) is 6.31. The Hall–Kier alpha value is -5.08. The third kappa shape index (κ3) is 4.47. The van der Waals surface area contributed by atoms with Crippen LogP contribution in [0.15, 0.2) is 132 Å². The monoisotopic (exact) mass is 597 g/mol. The third-order valence-corrected chi connectivity index (χ3v) is 9.55. The van der Waals surface area contributed by atoms with Crippen LogP contribution in [0, 0.1) is 0 Å². The van der Waals surface area contributed by atoms with Crippen LogP contribution in [-0.2, 0) is 10.8 Å². The molecule has 0 fully saturated rings. The van der Waals surface area contributed by atoms with Crippen LogP contribution in [0.2, 0.25) is 0 Å². The lowest BCUT2D eigenvalue weighted by Crippen LogP contribution is -2.10. The number of rotatable bonds is 3. The highest BCUT2D eigenvalue weighted by molar-refractivity contribution is 6.12. The number of furan rings is 1. The minimum absolute atomic E-state index is 0.0543. The van der Waals surface area contributed by atoms with Crippen LogP contribution in [0.4, 0.5) is 0 Å². The van der Waals surface area contributed by atoms with Crippen molar-refractivity contribution >= 4 is 43.7 Å². The van der Waals surface area contributed by atoms with Gasteiger partial charge in [0.15, 0.2) is 0 Å². The van der Waals surface area contributed by atoms with Crippen molar-refractivity contribution in [3.63, 3.8) is 0 Å². The first kappa shape index (κ1) is 28.4. The number of benzene rings is 6. The molecule has 0 atom stereocenters. The molecule has 0 aliphatic heterocycles. The van der Waals surface area contributed by atoms with Crippen molar-refractivity contribution in [1.82, 2.24) is 4.57 Å². The first-order chi connectivity index (χ1) is 22.1. The second-order valence-electron chi connectivity index (χ2n) is 14.6. The number of fused-ring (bicyclic) bond motifs is 6. The van der Waals surface area contributed by atoms with Crippen molar-refractivity contribution in [2.24, 2.45) is 0 Å². The van der Waals surface area contributed by atoms with E-state index in [0.29, 0.717) is 0 Å². The van der Waals surface area contributed by atoms with Gasteiger partial charge in [-0.1, -0.05) is 133 Å². The van der Waals surface area contributed by atoms with Gasteiger partial charge in [-0.25, -0.2) is 0 Å². The van der Waals surface area contributed by atoms with Gasteiger partial charge >= 0.3 is 0 Å². The van der Waals surface area contributed by atoms with Crippen molar-refractivity contribution < 1.29 is 4.42 Å². The molecule has 0 spiro atoms. The Morgan fingerprint density at radius 3 is 1.57 bits per heavy atom. The molecule has 226 valence electrons. The van der Waals surface area contributed by atoms with E-state index >= 15 is 0 Å². The van der Waals surface area contributed by atoms with Crippen molar-refractivity contribution in [1.29, 1.82) is 0 Å². The summed E-state index contributed by atoms with van der Waals surface area (Å²) in [4.78, 5) is 0. The van der Waals surface area contributed by atoms with Crippen molar-refractivity contribution in [2.45, 2.75) is 52.4 Å². The maximum absolute atomic E-state index is 6.52. The fourth-order valence-electron chi connectivity index (χ4n) is 7.02. The van der Waals surface area contributed by atoms with E-state index in [4.69, 9.17) is 4.42 Å². The molecule has 0 radical (unpaired) electrons. The van der Waals surface area contributed by atoms with Gasteiger partial charge in [0.1, 0.15) is 11.2 Å². The summed E-state index contributed by atoms with van der Waals surface area (Å²) in [5, 5.41) is 4.88. The number of aromatic nitrogens is 1. The second-order valence-corrected chi connectivity index (χ2v) is 14.6. The standard InChI is InChI=1S/C44H39NO/c1-43(2,3)28-22-24-39-36(26-28)37-27-29(44(4,5)6)23-25-40(37)45(39)38-20-11-9-16-32(38)30-14-7-8-15-31(30)34-18-13-19-35-33-17-10-12-21-41(33)46-42(34)35/h7-27H,1-6H3. The van der Waals surface area contributed by atoms with Gasteiger partial charge in [-0.3, -0.25) is 0 Å². The van der Waals surface area contributed by atoms with Crippen LogP contribution in [0.25, 0.3) is 71.7 Å². The van der Waals surface area contributed by atoms with Gasteiger partial charge in [0.05, 0.1) is 16.7 Å². The molecule has 0 saturated carbocycles. The molecule has 0 unspecified atom stereocenters. The van der Waals surface area contributed by atoms with Crippen molar-refractivity contribution in [3.8, 4) is 27.9 Å². The summed E-state index contributed by atoms with van der Waals surface area (Å²) in [6, 6.07) is 46.5. The zero-order chi connectivity index (χ0) is 31.8. The average Bonchev–Trinajstić information content (AvgIpc) is 3.59. The lowest BCUT2D eigenvalue weighted by Gasteiger charge is -2.20. The van der Waals surface area contributed by atoms with E-state index in [1.807, 2.05) is 6.07 Å². The van der Waals surface area contributed by atoms with Crippen LogP contribution < -0.4 is 0 Å². The fraction of sp³-hybridized carbons (Fsp3) is 0.182.